The molecule has 2 aromatic heterocycles. The molecule has 0 saturated carbocycles. The Morgan fingerprint density at radius 2 is 2.18 bits per heavy atom. The van der Waals surface area contributed by atoms with Crippen LogP contribution < -0.4 is 0 Å². The van der Waals surface area contributed by atoms with Gasteiger partial charge in [0.1, 0.15) is 11.8 Å². The molecular weight excluding hydrogens is 230 g/mol. The summed E-state index contributed by atoms with van der Waals surface area (Å²) in [5, 5.41) is 13.0. The summed E-state index contributed by atoms with van der Waals surface area (Å²) in [6.07, 6.45) is 1.69. The van der Waals surface area contributed by atoms with E-state index in [0.29, 0.717) is 5.69 Å². The second kappa shape index (κ2) is 5.58. The van der Waals surface area contributed by atoms with Crippen LogP contribution in [0.4, 0.5) is 0 Å². The molecule has 17 heavy (non-hydrogen) atoms. The molecule has 0 fully saturated rings. The van der Waals surface area contributed by atoms with Gasteiger partial charge in [0.15, 0.2) is 0 Å². The van der Waals surface area contributed by atoms with Gasteiger partial charge in [-0.05, 0) is 47.1 Å². The van der Waals surface area contributed by atoms with Gasteiger partial charge in [-0.2, -0.15) is 16.6 Å². The van der Waals surface area contributed by atoms with E-state index in [1.54, 1.807) is 17.5 Å². The molecule has 0 saturated heterocycles. The van der Waals surface area contributed by atoms with Crippen molar-refractivity contribution in [3.05, 3.63) is 52.0 Å². The maximum absolute atomic E-state index is 8.78. The summed E-state index contributed by atoms with van der Waals surface area (Å²) < 4.78 is 0. The van der Waals surface area contributed by atoms with Crippen LogP contribution in [0.2, 0.25) is 0 Å². The second-order valence-corrected chi connectivity index (χ2v) is 4.75. The molecule has 0 aliphatic rings. The molecule has 0 aliphatic heterocycles. The zero-order chi connectivity index (χ0) is 12.1. The van der Waals surface area contributed by atoms with Crippen molar-refractivity contribution in [1.82, 2.24) is 9.88 Å². The summed E-state index contributed by atoms with van der Waals surface area (Å²) in [6.45, 7) is 1.75. The molecule has 2 heterocycles. The van der Waals surface area contributed by atoms with Gasteiger partial charge in [0, 0.05) is 19.3 Å². The zero-order valence-corrected chi connectivity index (χ0v) is 10.4. The van der Waals surface area contributed by atoms with Gasteiger partial charge >= 0.3 is 0 Å². The molecule has 2 aromatic rings. The highest BCUT2D eigenvalue weighted by molar-refractivity contribution is 7.07. The highest BCUT2D eigenvalue weighted by atomic mass is 32.1. The Morgan fingerprint density at radius 1 is 1.35 bits per heavy atom. The van der Waals surface area contributed by atoms with Crippen molar-refractivity contribution in [2.45, 2.75) is 13.1 Å². The number of pyridine rings is 1. The third kappa shape index (κ3) is 3.38. The van der Waals surface area contributed by atoms with Crippen molar-refractivity contribution in [1.29, 1.82) is 5.26 Å². The molecule has 0 aliphatic carbocycles. The molecular formula is C13H13N3S. The summed E-state index contributed by atoms with van der Waals surface area (Å²) in [7, 11) is 2.07. The Hall–Kier alpha value is -1.70. The van der Waals surface area contributed by atoms with E-state index in [0.717, 1.165) is 18.7 Å². The molecule has 2 rings (SSSR count). The van der Waals surface area contributed by atoms with Crippen LogP contribution in [-0.2, 0) is 13.1 Å². The van der Waals surface area contributed by atoms with Gasteiger partial charge in [-0.25, -0.2) is 4.98 Å². The average Bonchev–Trinajstić information content (AvgIpc) is 2.82. The Kier molecular flexibility index (Phi) is 3.86. The van der Waals surface area contributed by atoms with Crippen molar-refractivity contribution in [3.63, 3.8) is 0 Å². The first-order valence-corrected chi connectivity index (χ1v) is 6.27. The largest absolute Gasteiger partial charge is 0.298 e. The predicted octanol–water partition coefficient (Wildman–Crippen LogP) is 2.65. The van der Waals surface area contributed by atoms with Crippen LogP contribution in [0.3, 0.4) is 0 Å². The van der Waals surface area contributed by atoms with Crippen LogP contribution >= 0.6 is 11.3 Å². The summed E-state index contributed by atoms with van der Waals surface area (Å²) in [5.74, 6) is 0. The zero-order valence-electron chi connectivity index (χ0n) is 9.63. The molecule has 0 radical (unpaired) electrons. The van der Waals surface area contributed by atoms with E-state index >= 15 is 0 Å². The SMILES string of the molecule is CN(Cc1ccsc1)Cc1ccnc(C#N)c1. The molecule has 3 nitrogen and oxygen atoms in total. The minimum absolute atomic E-state index is 0.478. The van der Waals surface area contributed by atoms with Crippen LogP contribution in [-0.4, -0.2) is 16.9 Å². The van der Waals surface area contributed by atoms with Crippen molar-refractivity contribution in [3.8, 4) is 6.07 Å². The lowest BCUT2D eigenvalue weighted by molar-refractivity contribution is 0.319. The van der Waals surface area contributed by atoms with E-state index in [9.17, 15) is 0 Å². The lowest BCUT2D eigenvalue weighted by Crippen LogP contribution is -2.16. The van der Waals surface area contributed by atoms with Gasteiger partial charge in [0.2, 0.25) is 0 Å². The summed E-state index contributed by atoms with van der Waals surface area (Å²) in [6, 6.07) is 7.98. The molecule has 0 atom stereocenters. The Balaban J connectivity index is 1.98. The minimum atomic E-state index is 0.478. The first-order chi connectivity index (χ1) is 8.28. The van der Waals surface area contributed by atoms with Crippen LogP contribution in [0.1, 0.15) is 16.8 Å². The van der Waals surface area contributed by atoms with Gasteiger partial charge < -0.3 is 0 Å². The number of nitrogens with zero attached hydrogens (tertiary/aromatic N) is 3. The first-order valence-electron chi connectivity index (χ1n) is 5.32. The van der Waals surface area contributed by atoms with Crippen molar-refractivity contribution in [2.75, 3.05) is 7.05 Å². The summed E-state index contributed by atoms with van der Waals surface area (Å²) in [4.78, 5) is 6.18. The molecule has 0 bridgehead atoms. The van der Waals surface area contributed by atoms with Crippen molar-refractivity contribution < 1.29 is 0 Å². The number of hydrogen-bond acceptors (Lipinski definition) is 4. The molecule has 0 unspecified atom stereocenters. The highest BCUT2D eigenvalue weighted by Crippen LogP contribution is 2.11. The number of rotatable bonds is 4. The average molecular weight is 243 g/mol. The highest BCUT2D eigenvalue weighted by Gasteiger charge is 2.03. The first kappa shape index (κ1) is 11.8. The second-order valence-electron chi connectivity index (χ2n) is 3.97. The molecule has 0 amide bonds. The van der Waals surface area contributed by atoms with E-state index in [-0.39, 0.29) is 0 Å². The van der Waals surface area contributed by atoms with Gasteiger partial charge in [-0.1, -0.05) is 0 Å². The standard InChI is InChI=1S/C13H13N3S/c1-16(9-12-3-5-17-10-12)8-11-2-4-15-13(6-11)7-14/h2-6,10H,8-9H2,1H3. The number of hydrogen-bond donors (Lipinski definition) is 0. The third-order valence-electron chi connectivity index (χ3n) is 2.42. The van der Waals surface area contributed by atoms with Crippen LogP contribution in [0, 0.1) is 11.3 Å². The smallest absolute Gasteiger partial charge is 0.140 e. The minimum Gasteiger partial charge on any atom is -0.298 e. The third-order valence-corrected chi connectivity index (χ3v) is 3.16. The fourth-order valence-electron chi connectivity index (χ4n) is 1.70. The van der Waals surface area contributed by atoms with Crippen LogP contribution in [0.15, 0.2) is 35.2 Å². The fraction of sp³-hybridized carbons (Fsp3) is 0.231. The number of thiophene rings is 1. The Bertz CT molecular complexity index is 514. The van der Waals surface area contributed by atoms with Gasteiger partial charge in [0.05, 0.1) is 0 Å². The lowest BCUT2D eigenvalue weighted by Gasteiger charge is -2.15. The predicted molar refractivity (Wildman–Crippen MR) is 68.4 cm³/mol. The number of nitriles is 1. The van der Waals surface area contributed by atoms with Crippen LogP contribution in [0.5, 0.6) is 0 Å². The molecule has 0 aromatic carbocycles. The topological polar surface area (TPSA) is 39.9 Å². The molecule has 0 N–H and O–H groups in total. The molecule has 86 valence electrons. The number of aromatic nitrogens is 1. The lowest BCUT2D eigenvalue weighted by atomic mass is 10.2. The van der Waals surface area contributed by atoms with Gasteiger partial charge in [-0.3, -0.25) is 4.90 Å². The molecule has 4 heteroatoms. The van der Waals surface area contributed by atoms with Crippen molar-refractivity contribution in [2.24, 2.45) is 0 Å². The summed E-state index contributed by atoms with van der Waals surface area (Å²) in [5.41, 5.74) is 2.92. The quantitative estimate of drug-likeness (QED) is 0.828. The maximum Gasteiger partial charge on any atom is 0.140 e. The van der Waals surface area contributed by atoms with E-state index in [1.165, 1.54) is 5.56 Å². The Morgan fingerprint density at radius 3 is 2.88 bits per heavy atom. The maximum atomic E-state index is 8.78. The normalized spacial score (nSPS) is 10.4. The Labute approximate surface area is 105 Å². The van der Waals surface area contributed by atoms with E-state index in [2.05, 4.69) is 39.8 Å². The molecule has 0 spiro atoms. The summed E-state index contributed by atoms with van der Waals surface area (Å²) >= 11 is 1.71. The van der Waals surface area contributed by atoms with E-state index < -0.39 is 0 Å². The van der Waals surface area contributed by atoms with Gasteiger partial charge in [-0.15, -0.1) is 0 Å². The monoisotopic (exact) mass is 243 g/mol. The van der Waals surface area contributed by atoms with E-state index in [4.69, 9.17) is 5.26 Å². The van der Waals surface area contributed by atoms with Crippen molar-refractivity contribution >= 4 is 11.3 Å². The van der Waals surface area contributed by atoms with Crippen LogP contribution in [0.25, 0.3) is 0 Å². The van der Waals surface area contributed by atoms with E-state index in [1.807, 2.05) is 12.1 Å². The van der Waals surface area contributed by atoms with Gasteiger partial charge in [0.25, 0.3) is 0 Å². The fourth-order valence-corrected chi connectivity index (χ4v) is 2.36.